The van der Waals surface area contributed by atoms with Gasteiger partial charge in [-0.2, -0.15) is 0 Å². The lowest BCUT2D eigenvalue weighted by Crippen LogP contribution is -2.38. The largest absolute Gasteiger partial charge is 0.482 e. The van der Waals surface area contributed by atoms with E-state index in [0.717, 1.165) is 0 Å². The van der Waals surface area contributed by atoms with Crippen molar-refractivity contribution < 1.29 is 18.7 Å². The zero-order valence-corrected chi connectivity index (χ0v) is 13.5. The van der Waals surface area contributed by atoms with E-state index >= 15 is 0 Å². The van der Waals surface area contributed by atoms with Gasteiger partial charge in [0.15, 0.2) is 6.61 Å². The second kappa shape index (κ2) is 8.45. The predicted molar refractivity (Wildman–Crippen MR) is 85.5 cm³/mol. The summed E-state index contributed by atoms with van der Waals surface area (Å²) in [5.74, 6) is 0.143. The molecule has 0 atom stereocenters. The van der Waals surface area contributed by atoms with E-state index in [4.69, 9.17) is 32.4 Å². The highest BCUT2D eigenvalue weighted by atomic mass is 35.5. The summed E-state index contributed by atoms with van der Waals surface area (Å²) < 4.78 is 10.3. The van der Waals surface area contributed by atoms with E-state index in [0.29, 0.717) is 21.6 Å². The molecular weight excluding hydrogens is 343 g/mol. The molecule has 0 bridgehead atoms. The Balaban J connectivity index is 1.68. The number of rotatable bonds is 7. The van der Waals surface area contributed by atoms with Crippen LogP contribution in [-0.2, 0) is 16.1 Å². The van der Waals surface area contributed by atoms with Gasteiger partial charge in [0.2, 0.25) is 5.91 Å². The van der Waals surface area contributed by atoms with Crippen LogP contribution >= 0.6 is 23.2 Å². The first kappa shape index (κ1) is 17.2. The third-order valence-electron chi connectivity index (χ3n) is 2.74. The molecule has 0 unspecified atom stereocenters. The molecule has 2 N–H and O–H groups in total. The molecular formula is C15H14Cl2N2O4. The van der Waals surface area contributed by atoms with Gasteiger partial charge in [0.05, 0.1) is 24.4 Å². The highest BCUT2D eigenvalue weighted by Crippen LogP contribution is 2.27. The zero-order chi connectivity index (χ0) is 16.7. The Labute approximate surface area is 142 Å². The van der Waals surface area contributed by atoms with E-state index in [1.54, 1.807) is 24.3 Å². The van der Waals surface area contributed by atoms with E-state index in [-0.39, 0.29) is 25.6 Å². The second-order valence-electron chi connectivity index (χ2n) is 4.50. The van der Waals surface area contributed by atoms with Crippen LogP contribution in [0.4, 0.5) is 0 Å². The van der Waals surface area contributed by atoms with Crippen LogP contribution in [0.5, 0.6) is 5.75 Å². The van der Waals surface area contributed by atoms with Gasteiger partial charge in [-0.1, -0.05) is 23.2 Å². The van der Waals surface area contributed by atoms with Crippen LogP contribution in [0.25, 0.3) is 0 Å². The normalized spacial score (nSPS) is 10.2. The molecule has 0 aliphatic heterocycles. The van der Waals surface area contributed by atoms with Gasteiger partial charge in [0.25, 0.3) is 5.91 Å². The van der Waals surface area contributed by atoms with Crippen molar-refractivity contribution in [2.75, 3.05) is 13.2 Å². The summed E-state index contributed by atoms with van der Waals surface area (Å²) in [6, 6.07) is 8.15. The quantitative estimate of drug-likeness (QED) is 0.798. The fourth-order valence-corrected chi connectivity index (χ4v) is 1.96. The van der Waals surface area contributed by atoms with Gasteiger partial charge in [-0.3, -0.25) is 9.59 Å². The molecule has 2 amide bonds. The van der Waals surface area contributed by atoms with E-state index in [2.05, 4.69) is 10.6 Å². The van der Waals surface area contributed by atoms with Crippen molar-refractivity contribution in [2.24, 2.45) is 0 Å². The molecule has 0 spiro atoms. The number of hydrogen-bond acceptors (Lipinski definition) is 4. The summed E-state index contributed by atoms with van der Waals surface area (Å²) in [6.07, 6.45) is 1.52. The van der Waals surface area contributed by atoms with Crippen molar-refractivity contribution in [3.05, 3.63) is 52.4 Å². The van der Waals surface area contributed by atoms with Crippen molar-refractivity contribution in [2.45, 2.75) is 6.54 Å². The standard InChI is InChI=1S/C15H14Cl2N2O4/c16-10-3-4-12(17)13(6-10)23-9-15(21)19-8-14(20)18-7-11-2-1-5-22-11/h1-6H,7-9H2,(H,18,20)(H,19,21). The summed E-state index contributed by atoms with van der Waals surface area (Å²) >= 11 is 11.7. The second-order valence-corrected chi connectivity index (χ2v) is 5.34. The Kier molecular flexibility index (Phi) is 6.31. The maximum absolute atomic E-state index is 11.6. The van der Waals surface area contributed by atoms with Crippen LogP contribution in [0.2, 0.25) is 10.0 Å². The zero-order valence-electron chi connectivity index (χ0n) is 12.0. The van der Waals surface area contributed by atoms with Crippen LogP contribution in [0.3, 0.4) is 0 Å². The molecule has 0 radical (unpaired) electrons. The minimum absolute atomic E-state index is 0.161. The third-order valence-corrected chi connectivity index (χ3v) is 3.29. The number of halogens is 2. The van der Waals surface area contributed by atoms with Gasteiger partial charge in [-0.25, -0.2) is 0 Å². The van der Waals surface area contributed by atoms with E-state index in [9.17, 15) is 9.59 Å². The van der Waals surface area contributed by atoms with E-state index in [1.165, 1.54) is 12.3 Å². The summed E-state index contributed by atoms with van der Waals surface area (Å²) in [4.78, 5) is 23.2. The van der Waals surface area contributed by atoms with Gasteiger partial charge in [-0.15, -0.1) is 0 Å². The maximum atomic E-state index is 11.6. The van der Waals surface area contributed by atoms with Crippen molar-refractivity contribution in [3.8, 4) is 5.75 Å². The Morgan fingerprint density at radius 1 is 1.13 bits per heavy atom. The number of benzene rings is 1. The minimum Gasteiger partial charge on any atom is -0.482 e. The van der Waals surface area contributed by atoms with Gasteiger partial charge < -0.3 is 19.8 Å². The Bertz CT molecular complexity index is 674. The Morgan fingerprint density at radius 3 is 2.70 bits per heavy atom. The van der Waals surface area contributed by atoms with Crippen molar-refractivity contribution in [3.63, 3.8) is 0 Å². The number of carbonyl (C=O) groups is 2. The fraction of sp³-hybridized carbons (Fsp3) is 0.200. The SMILES string of the molecule is O=C(CNC(=O)COc1cc(Cl)ccc1Cl)NCc1ccco1. The lowest BCUT2D eigenvalue weighted by molar-refractivity contribution is -0.127. The molecule has 122 valence electrons. The molecule has 1 heterocycles. The molecule has 1 aromatic heterocycles. The average molecular weight is 357 g/mol. The lowest BCUT2D eigenvalue weighted by atomic mass is 10.3. The molecule has 0 saturated heterocycles. The lowest BCUT2D eigenvalue weighted by Gasteiger charge is -2.09. The third kappa shape index (κ3) is 5.84. The molecule has 1 aromatic carbocycles. The molecule has 2 aromatic rings. The van der Waals surface area contributed by atoms with Crippen LogP contribution in [0.15, 0.2) is 41.0 Å². The molecule has 2 rings (SSSR count). The Hall–Kier alpha value is -2.18. The fourth-order valence-electron chi connectivity index (χ4n) is 1.62. The summed E-state index contributed by atoms with van der Waals surface area (Å²) in [6.45, 7) is -0.173. The number of amides is 2. The topological polar surface area (TPSA) is 80.6 Å². The first-order valence-corrected chi connectivity index (χ1v) is 7.44. The number of ether oxygens (including phenoxy) is 1. The smallest absolute Gasteiger partial charge is 0.258 e. The molecule has 6 nitrogen and oxygen atoms in total. The first-order valence-electron chi connectivity index (χ1n) is 6.68. The molecule has 8 heteroatoms. The predicted octanol–water partition coefficient (Wildman–Crippen LogP) is 2.40. The minimum atomic E-state index is -0.450. The molecule has 0 aliphatic carbocycles. The molecule has 0 fully saturated rings. The van der Waals surface area contributed by atoms with Gasteiger partial charge in [0.1, 0.15) is 11.5 Å². The van der Waals surface area contributed by atoms with Crippen molar-refractivity contribution >= 4 is 35.0 Å². The summed E-state index contributed by atoms with van der Waals surface area (Å²) in [5, 5.41) is 5.83. The average Bonchev–Trinajstić information content (AvgIpc) is 3.05. The monoisotopic (exact) mass is 356 g/mol. The highest BCUT2D eigenvalue weighted by molar-refractivity contribution is 6.34. The summed E-state index contributed by atoms with van der Waals surface area (Å²) in [5.41, 5.74) is 0. The summed E-state index contributed by atoms with van der Waals surface area (Å²) in [7, 11) is 0. The van der Waals surface area contributed by atoms with Crippen molar-refractivity contribution in [1.82, 2.24) is 10.6 Å². The van der Waals surface area contributed by atoms with Gasteiger partial charge in [0, 0.05) is 11.1 Å². The van der Waals surface area contributed by atoms with Crippen LogP contribution < -0.4 is 15.4 Å². The van der Waals surface area contributed by atoms with Crippen LogP contribution in [0, 0.1) is 0 Å². The number of furan rings is 1. The Morgan fingerprint density at radius 2 is 1.96 bits per heavy atom. The van der Waals surface area contributed by atoms with E-state index < -0.39 is 5.91 Å². The van der Waals surface area contributed by atoms with E-state index in [1.807, 2.05) is 0 Å². The first-order chi connectivity index (χ1) is 11.0. The molecule has 23 heavy (non-hydrogen) atoms. The molecule has 0 saturated carbocycles. The van der Waals surface area contributed by atoms with Gasteiger partial charge >= 0.3 is 0 Å². The number of carbonyl (C=O) groups excluding carboxylic acids is 2. The molecule has 0 aliphatic rings. The van der Waals surface area contributed by atoms with Crippen molar-refractivity contribution in [1.29, 1.82) is 0 Å². The number of nitrogens with one attached hydrogen (secondary N) is 2. The van der Waals surface area contributed by atoms with Gasteiger partial charge in [-0.05, 0) is 24.3 Å². The highest BCUT2D eigenvalue weighted by Gasteiger charge is 2.09. The number of hydrogen-bond donors (Lipinski definition) is 2. The van der Waals surface area contributed by atoms with Crippen LogP contribution in [-0.4, -0.2) is 25.0 Å². The maximum Gasteiger partial charge on any atom is 0.258 e. The van der Waals surface area contributed by atoms with Crippen LogP contribution in [0.1, 0.15) is 5.76 Å².